The molecule has 0 atom stereocenters. The van der Waals surface area contributed by atoms with E-state index in [1.54, 1.807) is 0 Å². The van der Waals surface area contributed by atoms with E-state index in [-0.39, 0.29) is 5.78 Å². The first-order valence-corrected chi connectivity index (χ1v) is 9.36. The largest absolute Gasteiger partial charge is 0.378 e. The lowest BCUT2D eigenvalue weighted by atomic mass is 9.97. The van der Waals surface area contributed by atoms with E-state index in [1.807, 2.05) is 104 Å². The molecular weight excluding hydrogens is 344 g/mol. The minimum Gasteiger partial charge on any atom is -0.378 e. The number of Topliss-reactive ketones (excluding diaryl/α,β-unsaturated/α-hetero) is 1. The van der Waals surface area contributed by atoms with Crippen molar-refractivity contribution in [1.82, 2.24) is 4.98 Å². The first-order chi connectivity index (χ1) is 13.6. The van der Waals surface area contributed by atoms with Gasteiger partial charge >= 0.3 is 0 Å². The summed E-state index contributed by atoms with van der Waals surface area (Å²) in [6.45, 7) is 0. The highest BCUT2D eigenvalue weighted by Crippen LogP contribution is 2.26. The number of fused-ring (bicyclic) bond motifs is 1. The van der Waals surface area contributed by atoms with Crippen molar-refractivity contribution >= 4 is 22.4 Å². The van der Waals surface area contributed by atoms with Gasteiger partial charge in [-0.3, -0.25) is 4.79 Å². The molecule has 3 nitrogen and oxygen atoms in total. The summed E-state index contributed by atoms with van der Waals surface area (Å²) in [6.07, 6.45) is 0.351. The van der Waals surface area contributed by atoms with Gasteiger partial charge in [0, 0.05) is 42.7 Å². The van der Waals surface area contributed by atoms with Crippen LogP contribution in [-0.2, 0) is 6.42 Å². The van der Waals surface area contributed by atoms with E-state index < -0.39 is 0 Å². The third kappa shape index (κ3) is 3.65. The van der Waals surface area contributed by atoms with Gasteiger partial charge in [-0.15, -0.1) is 0 Å². The Kier molecular flexibility index (Phi) is 4.90. The van der Waals surface area contributed by atoms with Crippen molar-refractivity contribution in [2.75, 3.05) is 19.0 Å². The highest BCUT2D eigenvalue weighted by Gasteiger charge is 2.13. The van der Waals surface area contributed by atoms with Gasteiger partial charge in [0.2, 0.25) is 0 Å². The Labute approximate surface area is 165 Å². The number of aromatic nitrogens is 1. The molecule has 4 aromatic rings. The zero-order valence-corrected chi connectivity index (χ0v) is 16.1. The number of carbonyl (C=O) groups excluding carboxylic acids is 1. The van der Waals surface area contributed by atoms with Crippen LogP contribution < -0.4 is 4.90 Å². The van der Waals surface area contributed by atoms with Crippen molar-refractivity contribution in [3.8, 4) is 11.3 Å². The molecule has 0 saturated heterocycles. The number of pyridine rings is 1. The van der Waals surface area contributed by atoms with Crippen LogP contribution in [-0.4, -0.2) is 24.9 Å². The summed E-state index contributed by atoms with van der Waals surface area (Å²) in [4.78, 5) is 19.8. The molecule has 4 rings (SSSR count). The molecule has 0 spiro atoms. The molecule has 138 valence electrons. The molecule has 0 aliphatic heterocycles. The van der Waals surface area contributed by atoms with E-state index in [1.165, 1.54) is 0 Å². The van der Waals surface area contributed by atoms with Gasteiger partial charge in [0.05, 0.1) is 11.2 Å². The summed E-state index contributed by atoms with van der Waals surface area (Å²) in [5.74, 6) is 0.112. The fourth-order valence-electron chi connectivity index (χ4n) is 3.37. The van der Waals surface area contributed by atoms with Crippen molar-refractivity contribution in [2.45, 2.75) is 6.42 Å². The van der Waals surface area contributed by atoms with Crippen molar-refractivity contribution in [3.63, 3.8) is 0 Å². The second-order valence-corrected chi connectivity index (χ2v) is 7.09. The molecule has 1 heterocycles. The average molecular weight is 366 g/mol. The molecule has 0 aliphatic rings. The van der Waals surface area contributed by atoms with Gasteiger partial charge in [0.15, 0.2) is 5.78 Å². The topological polar surface area (TPSA) is 33.2 Å². The number of para-hydroxylation sites is 1. The van der Waals surface area contributed by atoms with E-state index in [0.29, 0.717) is 6.42 Å². The first-order valence-electron chi connectivity index (χ1n) is 9.36. The van der Waals surface area contributed by atoms with Crippen molar-refractivity contribution in [3.05, 3.63) is 96.1 Å². The normalized spacial score (nSPS) is 10.8. The summed E-state index contributed by atoms with van der Waals surface area (Å²) in [5.41, 5.74) is 5.67. The Morgan fingerprint density at radius 3 is 2.25 bits per heavy atom. The van der Waals surface area contributed by atoms with E-state index in [2.05, 4.69) is 0 Å². The van der Waals surface area contributed by atoms with Crippen LogP contribution >= 0.6 is 0 Å². The van der Waals surface area contributed by atoms with E-state index >= 15 is 0 Å². The number of hydrogen-bond acceptors (Lipinski definition) is 3. The van der Waals surface area contributed by atoms with Crippen LogP contribution in [0, 0.1) is 0 Å². The predicted molar refractivity (Wildman–Crippen MR) is 116 cm³/mol. The number of carbonyl (C=O) groups is 1. The van der Waals surface area contributed by atoms with Gasteiger partial charge in [0.25, 0.3) is 0 Å². The fraction of sp³-hybridized carbons (Fsp3) is 0.120. The maximum absolute atomic E-state index is 13.0. The summed E-state index contributed by atoms with van der Waals surface area (Å²) in [5, 5.41) is 1.03. The molecule has 28 heavy (non-hydrogen) atoms. The van der Waals surface area contributed by atoms with E-state index in [0.717, 1.165) is 39.0 Å². The molecule has 0 unspecified atom stereocenters. The number of hydrogen-bond donors (Lipinski definition) is 0. The monoisotopic (exact) mass is 366 g/mol. The zero-order valence-electron chi connectivity index (χ0n) is 16.1. The van der Waals surface area contributed by atoms with Crippen LogP contribution in [0.15, 0.2) is 84.9 Å². The first kappa shape index (κ1) is 17.9. The Morgan fingerprint density at radius 2 is 1.54 bits per heavy atom. The smallest absolute Gasteiger partial charge is 0.167 e. The lowest BCUT2D eigenvalue weighted by Gasteiger charge is -2.13. The Hall–Kier alpha value is -3.46. The molecule has 0 bridgehead atoms. The maximum atomic E-state index is 13.0. The predicted octanol–water partition coefficient (Wildman–Crippen LogP) is 5.39. The van der Waals surface area contributed by atoms with Crippen molar-refractivity contribution in [1.29, 1.82) is 0 Å². The molecule has 0 radical (unpaired) electrons. The summed E-state index contributed by atoms with van der Waals surface area (Å²) < 4.78 is 0. The average Bonchev–Trinajstić information content (AvgIpc) is 2.74. The van der Waals surface area contributed by atoms with Crippen LogP contribution in [0.3, 0.4) is 0 Å². The Morgan fingerprint density at radius 1 is 0.857 bits per heavy atom. The second kappa shape index (κ2) is 7.65. The van der Waals surface area contributed by atoms with Gasteiger partial charge < -0.3 is 4.90 Å². The lowest BCUT2D eigenvalue weighted by Crippen LogP contribution is -2.09. The Balaban J connectivity index is 1.72. The van der Waals surface area contributed by atoms with Gasteiger partial charge in [-0.1, -0.05) is 48.5 Å². The molecule has 1 aromatic heterocycles. The molecule has 0 amide bonds. The van der Waals surface area contributed by atoms with Crippen LogP contribution in [0.2, 0.25) is 0 Å². The van der Waals surface area contributed by atoms with Gasteiger partial charge in [-0.2, -0.15) is 0 Å². The number of benzene rings is 3. The third-order valence-electron chi connectivity index (χ3n) is 4.93. The number of anilines is 1. The van der Waals surface area contributed by atoms with Gasteiger partial charge in [-0.25, -0.2) is 4.98 Å². The summed E-state index contributed by atoms with van der Waals surface area (Å²) in [6, 6.07) is 27.9. The quantitative estimate of drug-likeness (QED) is 0.444. The van der Waals surface area contributed by atoms with Crippen LogP contribution in [0.4, 0.5) is 5.69 Å². The summed E-state index contributed by atoms with van der Waals surface area (Å²) >= 11 is 0. The van der Waals surface area contributed by atoms with E-state index in [9.17, 15) is 4.79 Å². The second-order valence-electron chi connectivity index (χ2n) is 7.09. The van der Waals surface area contributed by atoms with E-state index in [4.69, 9.17) is 4.98 Å². The highest BCUT2D eigenvalue weighted by molar-refractivity contribution is 6.00. The maximum Gasteiger partial charge on any atom is 0.167 e. The fourth-order valence-corrected chi connectivity index (χ4v) is 3.37. The molecule has 3 aromatic carbocycles. The van der Waals surface area contributed by atoms with Crippen molar-refractivity contribution in [2.24, 2.45) is 0 Å². The molecule has 3 heteroatoms. The van der Waals surface area contributed by atoms with Crippen LogP contribution in [0.5, 0.6) is 0 Å². The summed E-state index contributed by atoms with van der Waals surface area (Å²) in [7, 11) is 3.98. The minimum absolute atomic E-state index is 0.112. The van der Waals surface area contributed by atoms with Crippen LogP contribution in [0.25, 0.3) is 22.2 Å². The lowest BCUT2D eigenvalue weighted by molar-refractivity contribution is 0.0993. The standard InChI is InChI=1S/C25H22N2O/c1-27(2)21-14-12-19(13-15-21)25(28)17-20-16-24(18-8-4-3-5-9-18)26-23-11-7-6-10-22(20)23/h3-16H,17H2,1-2H3. The Bertz CT molecular complexity index is 1120. The van der Waals surface area contributed by atoms with Gasteiger partial charge in [-0.05, 0) is 42.0 Å². The number of ketones is 1. The minimum atomic E-state index is 0.112. The van der Waals surface area contributed by atoms with Crippen LogP contribution in [0.1, 0.15) is 15.9 Å². The third-order valence-corrected chi connectivity index (χ3v) is 4.93. The molecule has 0 aliphatic carbocycles. The number of nitrogens with zero attached hydrogens (tertiary/aromatic N) is 2. The zero-order chi connectivity index (χ0) is 19.5. The molecular formula is C25H22N2O. The SMILES string of the molecule is CN(C)c1ccc(C(=O)Cc2cc(-c3ccccc3)nc3ccccc23)cc1. The molecule has 0 fully saturated rings. The molecule has 0 saturated carbocycles. The van der Waals surface area contributed by atoms with Gasteiger partial charge in [0.1, 0.15) is 0 Å². The van der Waals surface area contributed by atoms with Crippen molar-refractivity contribution < 1.29 is 4.79 Å². The number of rotatable bonds is 5. The molecule has 0 N–H and O–H groups in total. The highest BCUT2D eigenvalue weighted by atomic mass is 16.1.